The van der Waals surface area contributed by atoms with Crippen LogP contribution in [0.25, 0.3) is 0 Å². The summed E-state index contributed by atoms with van der Waals surface area (Å²) in [6.45, 7) is 0. The molecule has 0 aliphatic carbocycles. The summed E-state index contributed by atoms with van der Waals surface area (Å²) >= 11 is 0. The van der Waals surface area contributed by atoms with E-state index in [9.17, 15) is 13.2 Å². The number of carboxylic acids is 1. The van der Waals surface area contributed by atoms with Gasteiger partial charge in [0.25, 0.3) is 0 Å². The number of benzene rings is 1. The summed E-state index contributed by atoms with van der Waals surface area (Å²) in [4.78, 5) is 10.8. The first-order chi connectivity index (χ1) is 9.33. The van der Waals surface area contributed by atoms with Crippen molar-refractivity contribution in [1.29, 1.82) is 0 Å². The predicted molar refractivity (Wildman–Crippen MR) is 77.0 cm³/mol. The maximum Gasteiger partial charge on any atom is 0.335 e. The number of carbonyl (C=O) groups is 1. The van der Waals surface area contributed by atoms with Gasteiger partial charge in [0, 0.05) is 26.1 Å². The third-order valence-electron chi connectivity index (χ3n) is 2.60. The first-order valence-corrected chi connectivity index (χ1v) is 7.66. The van der Waals surface area contributed by atoms with Gasteiger partial charge in [-0.05, 0) is 24.6 Å². The molecule has 0 heterocycles. The molecule has 1 N–H and O–H groups in total. The second kappa shape index (κ2) is 7.08. The first-order valence-electron chi connectivity index (χ1n) is 6.05. The molecule has 0 amide bonds. The molecular weight excluding hydrogens is 278 g/mol. The van der Waals surface area contributed by atoms with Gasteiger partial charge in [0.1, 0.15) is 0 Å². The Morgan fingerprint density at radius 3 is 2.65 bits per heavy atom. The van der Waals surface area contributed by atoms with Crippen LogP contribution in [0.3, 0.4) is 0 Å². The molecule has 0 saturated heterocycles. The lowest BCUT2D eigenvalue weighted by atomic mass is 10.1. The van der Waals surface area contributed by atoms with E-state index < -0.39 is 16.0 Å². The van der Waals surface area contributed by atoms with Gasteiger partial charge in [-0.25, -0.2) is 17.5 Å². The Kier molecular flexibility index (Phi) is 5.74. The van der Waals surface area contributed by atoms with Crippen molar-refractivity contribution in [1.82, 2.24) is 4.31 Å². The van der Waals surface area contributed by atoms with Gasteiger partial charge >= 0.3 is 5.97 Å². The molecule has 0 aliphatic heterocycles. The highest BCUT2D eigenvalue weighted by Crippen LogP contribution is 2.04. The van der Waals surface area contributed by atoms with E-state index in [-0.39, 0.29) is 11.3 Å². The summed E-state index contributed by atoms with van der Waals surface area (Å²) < 4.78 is 24.2. The highest BCUT2D eigenvalue weighted by molar-refractivity contribution is 7.89. The lowest BCUT2D eigenvalue weighted by Gasteiger charge is -2.09. The minimum atomic E-state index is -3.17. The third-order valence-corrected chi connectivity index (χ3v) is 4.52. The van der Waals surface area contributed by atoms with Crippen LogP contribution in [0.2, 0.25) is 0 Å². The number of sulfonamides is 1. The highest BCUT2D eigenvalue weighted by Gasteiger charge is 2.11. The van der Waals surface area contributed by atoms with Gasteiger partial charge < -0.3 is 5.11 Å². The molecule has 0 fully saturated rings. The molecule has 5 nitrogen and oxygen atoms in total. The van der Waals surface area contributed by atoms with E-state index in [1.807, 2.05) is 0 Å². The van der Waals surface area contributed by atoms with Crippen LogP contribution < -0.4 is 0 Å². The molecule has 0 aromatic heterocycles. The summed E-state index contributed by atoms with van der Waals surface area (Å²) in [7, 11) is -0.177. The zero-order valence-electron chi connectivity index (χ0n) is 11.5. The number of rotatable bonds is 5. The molecule has 6 heteroatoms. The van der Waals surface area contributed by atoms with E-state index in [2.05, 4.69) is 11.8 Å². The Bertz CT molecular complexity index is 639. The van der Waals surface area contributed by atoms with Gasteiger partial charge in [0.2, 0.25) is 10.0 Å². The van der Waals surface area contributed by atoms with Crippen LogP contribution in [0, 0.1) is 11.8 Å². The van der Waals surface area contributed by atoms with Crippen molar-refractivity contribution >= 4 is 16.0 Å². The molecule has 0 bridgehead atoms. The maximum atomic E-state index is 11.5. The fourth-order valence-electron chi connectivity index (χ4n) is 1.42. The van der Waals surface area contributed by atoms with Crippen molar-refractivity contribution in [3.63, 3.8) is 0 Å². The SMILES string of the molecule is CN(C)S(=O)(=O)CCCC#Cc1cccc(C(=O)O)c1. The molecule has 0 radical (unpaired) electrons. The Hall–Kier alpha value is -1.84. The Morgan fingerprint density at radius 1 is 1.35 bits per heavy atom. The van der Waals surface area contributed by atoms with Crippen molar-refractivity contribution in [3.8, 4) is 11.8 Å². The molecular formula is C14H17NO4S. The fourth-order valence-corrected chi connectivity index (χ4v) is 2.29. The van der Waals surface area contributed by atoms with Crippen LogP contribution in [0.5, 0.6) is 0 Å². The van der Waals surface area contributed by atoms with Gasteiger partial charge in [-0.2, -0.15) is 0 Å². The van der Waals surface area contributed by atoms with Crippen LogP contribution in [-0.2, 0) is 10.0 Å². The van der Waals surface area contributed by atoms with Crippen molar-refractivity contribution < 1.29 is 18.3 Å². The Balaban J connectivity index is 2.56. The second-order valence-corrected chi connectivity index (χ2v) is 6.69. The summed E-state index contributed by atoms with van der Waals surface area (Å²) in [5, 5.41) is 8.84. The number of aromatic carboxylic acids is 1. The quantitative estimate of drug-likeness (QED) is 0.658. The molecule has 0 spiro atoms. The first kappa shape index (κ1) is 16.2. The van der Waals surface area contributed by atoms with Crippen LogP contribution >= 0.6 is 0 Å². The zero-order valence-corrected chi connectivity index (χ0v) is 12.3. The van der Waals surface area contributed by atoms with Gasteiger partial charge in [-0.3, -0.25) is 0 Å². The minimum Gasteiger partial charge on any atom is -0.478 e. The zero-order chi connectivity index (χ0) is 15.2. The summed E-state index contributed by atoms with van der Waals surface area (Å²) in [6.07, 6.45) is 0.899. The smallest absolute Gasteiger partial charge is 0.335 e. The molecule has 108 valence electrons. The van der Waals surface area contributed by atoms with Crippen molar-refractivity contribution in [2.75, 3.05) is 19.8 Å². The number of hydrogen-bond acceptors (Lipinski definition) is 3. The fraction of sp³-hybridized carbons (Fsp3) is 0.357. The van der Waals surface area contributed by atoms with Crippen LogP contribution in [0.4, 0.5) is 0 Å². The standard InChI is InChI=1S/C14H17NO4S/c1-15(2)20(18,19)10-5-3-4-7-12-8-6-9-13(11-12)14(16)17/h6,8-9,11H,3,5,10H2,1-2H3,(H,16,17). The lowest BCUT2D eigenvalue weighted by Crippen LogP contribution is -2.24. The van der Waals surface area contributed by atoms with Crippen molar-refractivity contribution in [3.05, 3.63) is 35.4 Å². The van der Waals surface area contributed by atoms with E-state index in [1.165, 1.54) is 30.5 Å². The monoisotopic (exact) mass is 295 g/mol. The molecule has 1 aromatic rings. The molecule has 1 rings (SSSR count). The maximum absolute atomic E-state index is 11.5. The molecule has 0 unspecified atom stereocenters. The van der Waals surface area contributed by atoms with E-state index in [0.717, 1.165) is 0 Å². The number of nitrogens with zero attached hydrogens (tertiary/aromatic N) is 1. The summed E-state index contributed by atoms with van der Waals surface area (Å²) in [6, 6.07) is 6.34. The molecule has 0 atom stereocenters. The predicted octanol–water partition coefficient (Wildman–Crippen LogP) is 1.41. The molecule has 20 heavy (non-hydrogen) atoms. The van der Waals surface area contributed by atoms with Crippen LogP contribution in [0.1, 0.15) is 28.8 Å². The molecule has 0 aliphatic rings. The Morgan fingerprint density at radius 2 is 2.05 bits per heavy atom. The van der Waals surface area contributed by atoms with Gasteiger partial charge in [0.15, 0.2) is 0 Å². The van der Waals surface area contributed by atoms with Crippen LogP contribution in [0.15, 0.2) is 24.3 Å². The van der Waals surface area contributed by atoms with Crippen LogP contribution in [-0.4, -0.2) is 43.6 Å². The van der Waals surface area contributed by atoms with Crippen molar-refractivity contribution in [2.24, 2.45) is 0 Å². The van der Waals surface area contributed by atoms with E-state index >= 15 is 0 Å². The summed E-state index contributed by atoms with van der Waals surface area (Å²) in [5.74, 6) is 4.75. The van der Waals surface area contributed by atoms with Gasteiger partial charge in [-0.1, -0.05) is 17.9 Å². The average molecular weight is 295 g/mol. The second-order valence-electron chi connectivity index (χ2n) is 4.39. The lowest BCUT2D eigenvalue weighted by molar-refractivity contribution is 0.0697. The largest absolute Gasteiger partial charge is 0.478 e. The molecule has 1 aromatic carbocycles. The van der Waals surface area contributed by atoms with Crippen molar-refractivity contribution in [2.45, 2.75) is 12.8 Å². The van der Waals surface area contributed by atoms with Gasteiger partial charge in [-0.15, -0.1) is 0 Å². The normalized spacial score (nSPS) is 10.9. The molecule has 0 saturated carbocycles. The highest BCUT2D eigenvalue weighted by atomic mass is 32.2. The number of hydrogen-bond donors (Lipinski definition) is 1. The van der Waals surface area contributed by atoms with Gasteiger partial charge in [0.05, 0.1) is 11.3 Å². The third kappa shape index (κ3) is 5.03. The summed E-state index contributed by atoms with van der Waals surface area (Å²) in [5.41, 5.74) is 0.798. The Labute approximate surface area is 119 Å². The van der Waals surface area contributed by atoms with E-state index in [1.54, 1.807) is 12.1 Å². The minimum absolute atomic E-state index is 0.0594. The van der Waals surface area contributed by atoms with E-state index in [4.69, 9.17) is 5.11 Å². The average Bonchev–Trinajstić information content (AvgIpc) is 2.38. The van der Waals surface area contributed by atoms with E-state index in [0.29, 0.717) is 18.4 Å². The number of carboxylic acid groups (broad SMARTS) is 1. The number of unbranched alkanes of at least 4 members (excludes halogenated alkanes) is 1. The topological polar surface area (TPSA) is 74.7 Å².